The van der Waals surface area contributed by atoms with Gasteiger partial charge in [-0.2, -0.15) is 0 Å². The van der Waals surface area contributed by atoms with Gasteiger partial charge in [-0.3, -0.25) is 14.6 Å². The predicted molar refractivity (Wildman–Crippen MR) is 147 cm³/mol. The van der Waals surface area contributed by atoms with E-state index in [0.717, 1.165) is 75.6 Å². The van der Waals surface area contributed by atoms with E-state index in [-0.39, 0.29) is 13.2 Å². The Bertz CT molecular complexity index is 1180. The van der Waals surface area contributed by atoms with E-state index in [0.29, 0.717) is 23.2 Å². The number of anilines is 1. The van der Waals surface area contributed by atoms with Gasteiger partial charge >= 0.3 is 0 Å². The third-order valence-electron chi connectivity index (χ3n) is 7.39. The fourth-order valence-electron chi connectivity index (χ4n) is 5.26. The summed E-state index contributed by atoms with van der Waals surface area (Å²) in [5.74, 6) is 0.383. The number of piperidine rings is 1. The first-order valence-corrected chi connectivity index (χ1v) is 13.4. The molecular formula is C29H35ClFN5O. The smallest absolute Gasteiger partial charge is 0.253 e. The number of aromatic nitrogens is 1. The molecule has 0 bridgehead atoms. The number of nitrogens with zero attached hydrogens (tertiary/aromatic N) is 4. The van der Waals surface area contributed by atoms with Crippen LogP contribution in [-0.2, 0) is 13.1 Å². The van der Waals surface area contributed by atoms with E-state index in [2.05, 4.69) is 25.0 Å². The van der Waals surface area contributed by atoms with Gasteiger partial charge in [-0.25, -0.2) is 9.37 Å². The van der Waals surface area contributed by atoms with Gasteiger partial charge in [0.15, 0.2) is 0 Å². The van der Waals surface area contributed by atoms with Crippen LogP contribution in [0.4, 0.5) is 10.2 Å². The van der Waals surface area contributed by atoms with E-state index in [4.69, 9.17) is 11.6 Å². The number of hydrogen-bond donors (Lipinski definition) is 1. The highest BCUT2D eigenvalue weighted by Crippen LogP contribution is 2.27. The Morgan fingerprint density at radius 1 is 0.973 bits per heavy atom. The molecule has 0 radical (unpaired) electrons. The minimum absolute atomic E-state index is 0. The van der Waals surface area contributed by atoms with E-state index in [1.54, 1.807) is 12.3 Å². The van der Waals surface area contributed by atoms with Gasteiger partial charge in [-0.05, 0) is 55.3 Å². The molecule has 2 aliphatic heterocycles. The van der Waals surface area contributed by atoms with Gasteiger partial charge in [0, 0.05) is 52.9 Å². The minimum atomic E-state index is -0.182. The molecule has 196 valence electrons. The quantitative estimate of drug-likeness (QED) is 0.480. The molecule has 2 fully saturated rings. The Morgan fingerprint density at radius 3 is 2.35 bits per heavy atom. The Hall–Kier alpha value is -3.00. The first-order valence-electron chi connectivity index (χ1n) is 13.0. The van der Waals surface area contributed by atoms with Gasteiger partial charge in [-0.15, -0.1) is 0 Å². The van der Waals surface area contributed by atoms with Crippen molar-refractivity contribution in [3.63, 3.8) is 0 Å². The summed E-state index contributed by atoms with van der Waals surface area (Å²) < 4.78 is 13.2. The highest BCUT2D eigenvalue weighted by Gasteiger charge is 2.28. The summed E-state index contributed by atoms with van der Waals surface area (Å²) in [7, 11) is 0. The molecule has 6 nitrogen and oxygen atoms in total. The van der Waals surface area contributed by atoms with Crippen molar-refractivity contribution in [2.75, 3.05) is 44.2 Å². The number of hydrogen-bond acceptors (Lipinski definition) is 5. The minimum Gasteiger partial charge on any atom is -0.353 e. The van der Waals surface area contributed by atoms with Crippen molar-refractivity contribution in [1.29, 1.82) is 0 Å². The lowest BCUT2D eigenvalue weighted by Crippen LogP contribution is -2.53. The number of piperazine rings is 1. The molecule has 5 rings (SSSR count). The summed E-state index contributed by atoms with van der Waals surface area (Å²) in [6, 6.07) is 19.0. The Morgan fingerprint density at radius 2 is 1.68 bits per heavy atom. The molecule has 0 aliphatic carbocycles. The lowest BCUT2D eigenvalue weighted by atomic mass is 10.0. The van der Waals surface area contributed by atoms with Crippen LogP contribution in [0.5, 0.6) is 0 Å². The summed E-state index contributed by atoms with van der Waals surface area (Å²) in [5, 5.41) is 3.44. The van der Waals surface area contributed by atoms with Crippen molar-refractivity contribution in [3.05, 3.63) is 94.4 Å². The lowest BCUT2D eigenvalue weighted by molar-refractivity contribution is 0.0950. The van der Waals surface area contributed by atoms with Crippen LogP contribution in [0.15, 0.2) is 66.9 Å². The van der Waals surface area contributed by atoms with Crippen LogP contribution in [0.25, 0.3) is 0 Å². The largest absolute Gasteiger partial charge is 0.353 e. The number of pyridine rings is 1. The zero-order valence-electron chi connectivity index (χ0n) is 21.0. The van der Waals surface area contributed by atoms with Crippen LogP contribution in [0.1, 0.15) is 35.8 Å². The number of amides is 1. The fraction of sp³-hybridized carbons (Fsp3) is 0.379. The van der Waals surface area contributed by atoms with Gasteiger partial charge in [-0.1, -0.05) is 54.1 Å². The van der Waals surface area contributed by atoms with E-state index >= 15 is 0 Å². The summed E-state index contributed by atoms with van der Waals surface area (Å²) >= 11 is 6.58. The zero-order valence-corrected chi connectivity index (χ0v) is 21.7. The first kappa shape index (κ1) is 25.6. The zero-order chi connectivity index (χ0) is 25.6. The van der Waals surface area contributed by atoms with Gasteiger partial charge in [0.2, 0.25) is 0 Å². The molecule has 3 heterocycles. The number of likely N-dealkylation sites (tertiary alicyclic amines) is 1. The highest BCUT2D eigenvalue weighted by molar-refractivity contribution is 6.33. The summed E-state index contributed by atoms with van der Waals surface area (Å²) in [5.41, 5.74) is 2.68. The molecule has 0 unspecified atom stereocenters. The van der Waals surface area contributed by atoms with Crippen molar-refractivity contribution in [2.45, 2.75) is 32.0 Å². The topological polar surface area (TPSA) is 51.7 Å². The molecular weight excluding hydrogens is 489 g/mol. The number of benzene rings is 2. The average Bonchev–Trinajstić information content (AvgIpc) is 2.94. The SMILES string of the molecule is O=C(NCc1ccccc1)c1cnc(N2CCN(C3CCN(Cc4ccc(F)cc4)CC3)CC2)c(Cl)c1.[HH]. The normalized spacial score (nSPS) is 17.6. The molecule has 1 N–H and O–H groups in total. The molecule has 2 saturated heterocycles. The third kappa shape index (κ3) is 6.66. The molecule has 37 heavy (non-hydrogen) atoms. The molecule has 0 atom stereocenters. The number of carbonyl (C=O) groups is 1. The summed E-state index contributed by atoms with van der Waals surface area (Å²) in [6.45, 7) is 7.13. The van der Waals surface area contributed by atoms with Crippen LogP contribution in [0, 0.1) is 5.82 Å². The first-order chi connectivity index (χ1) is 18.0. The van der Waals surface area contributed by atoms with Crippen molar-refractivity contribution in [3.8, 4) is 0 Å². The second-order valence-corrected chi connectivity index (χ2v) is 10.3. The third-order valence-corrected chi connectivity index (χ3v) is 7.66. The van der Waals surface area contributed by atoms with Crippen molar-refractivity contribution in [1.82, 2.24) is 20.1 Å². The molecule has 3 aromatic rings. The molecule has 2 aromatic carbocycles. The molecule has 0 spiro atoms. The second-order valence-electron chi connectivity index (χ2n) is 9.85. The molecule has 2 aliphatic rings. The van der Waals surface area contributed by atoms with Gasteiger partial charge in [0.25, 0.3) is 5.91 Å². The van der Waals surface area contributed by atoms with E-state index < -0.39 is 0 Å². The van der Waals surface area contributed by atoms with Crippen molar-refractivity contribution in [2.24, 2.45) is 0 Å². The second kappa shape index (κ2) is 12.0. The average molecular weight is 524 g/mol. The van der Waals surface area contributed by atoms with Crippen LogP contribution in [0.3, 0.4) is 0 Å². The van der Waals surface area contributed by atoms with Gasteiger partial charge in [0.1, 0.15) is 11.6 Å². The van der Waals surface area contributed by atoms with Crippen LogP contribution in [0.2, 0.25) is 5.02 Å². The van der Waals surface area contributed by atoms with Crippen LogP contribution in [-0.4, -0.2) is 66.0 Å². The molecule has 8 heteroatoms. The molecule has 1 amide bonds. The monoisotopic (exact) mass is 523 g/mol. The standard InChI is InChI=1S/C29H33ClFN5O.H2/c30-27-18-24(29(37)33-19-22-4-2-1-3-5-22)20-32-28(27)36-16-14-35(15-17-36)26-10-12-34(13-11-26)21-23-6-8-25(31)9-7-23;/h1-9,18,20,26H,10-17,19,21H2,(H,33,37);1H. The number of nitrogens with one attached hydrogen (secondary N) is 1. The van der Waals surface area contributed by atoms with E-state index in [9.17, 15) is 9.18 Å². The van der Waals surface area contributed by atoms with E-state index in [1.807, 2.05) is 42.5 Å². The van der Waals surface area contributed by atoms with E-state index in [1.165, 1.54) is 12.1 Å². The number of rotatable bonds is 7. The molecule has 0 saturated carbocycles. The van der Waals surface area contributed by atoms with Gasteiger partial charge in [0.05, 0.1) is 10.6 Å². The van der Waals surface area contributed by atoms with Gasteiger partial charge < -0.3 is 10.2 Å². The lowest BCUT2D eigenvalue weighted by Gasteiger charge is -2.43. The predicted octanol–water partition coefficient (Wildman–Crippen LogP) is 4.84. The maximum Gasteiger partial charge on any atom is 0.253 e. The maximum atomic E-state index is 13.2. The van der Waals surface area contributed by atoms with Crippen molar-refractivity contribution >= 4 is 23.3 Å². The Labute approximate surface area is 224 Å². The number of halogens is 2. The summed E-state index contributed by atoms with van der Waals surface area (Å²) in [6.07, 6.45) is 3.91. The number of carbonyl (C=O) groups excluding carboxylic acids is 1. The Kier molecular flexibility index (Phi) is 8.34. The maximum absolute atomic E-state index is 13.2. The van der Waals surface area contributed by atoms with Crippen LogP contribution < -0.4 is 10.2 Å². The highest BCUT2D eigenvalue weighted by atomic mass is 35.5. The van der Waals surface area contributed by atoms with Crippen molar-refractivity contribution < 1.29 is 10.6 Å². The van der Waals surface area contributed by atoms with Crippen LogP contribution >= 0.6 is 11.6 Å². The Balaban J connectivity index is 0.00000336. The summed E-state index contributed by atoms with van der Waals surface area (Å²) in [4.78, 5) is 24.4. The fourth-order valence-corrected chi connectivity index (χ4v) is 5.54. The molecule has 1 aromatic heterocycles.